The summed E-state index contributed by atoms with van der Waals surface area (Å²) in [4.78, 5) is 15.5. The Morgan fingerprint density at radius 2 is 0.831 bits per heavy atom. The van der Waals surface area contributed by atoms with Gasteiger partial charge in [-0.25, -0.2) is 4.98 Å². The maximum Gasteiger partial charge on any atom is 0.165 e. The first-order valence-electron chi connectivity index (χ1n) is 21.9. The quantitative estimate of drug-likeness (QED) is 0.150. The van der Waals surface area contributed by atoms with Gasteiger partial charge in [0, 0.05) is 79.3 Å². The number of nitrogens with zero attached hydrogens (tertiary/aromatic N) is 7. The van der Waals surface area contributed by atoms with Crippen LogP contribution in [-0.4, -0.2) is 34.5 Å². The predicted molar refractivity (Wildman–Crippen MR) is 270 cm³/mol. The number of benzene rings is 7. The first-order chi connectivity index (χ1) is 32.2. The van der Waals surface area contributed by atoms with E-state index < -0.39 is 0 Å². The smallest absolute Gasteiger partial charge is 0.165 e. The van der Waals surface area contributed by atoms with Crippen LogP contribution in [-0.2, 0) is 0 Å². The van der Waals surface area contributed by atoms with Gasteiger partial charge >= 0.3 is 0 Å². The van der Waals surface area contributed by atoms with Crippen LogP contribution >= 0.6 is 0 Å². The third kappa shape index (κ3) is 5.27. The monoisotopic (exact) mass is 833 g/mol. The zero-order chi connectivity index (χ0) is 43.2. The van der Waals surface area contributed by atoms with Gasteiger partial charge in [-0.2, -0.15) is 0 Å². The second kappa shape index (κ2) is 14.4. The van der Waals surface area contributed by atoms with E-state index in [1.54, 1.807) is 6.20 Å². The second-order valence-electron chi connectivity index (χ2n) is 16.5. The van der Waals surface area contributed by atoms with E-state index in [0.717, 1.165) is 122 Å². The molecule has 7 nitrogen and oxygen atoms in total. The normalized spacial score (nSPS) is 12.1. The number of fused-ring (bicyclic) bond motifs is 10. The molecule has 0 aliphatic heterocycles. The minimum absolute atomic E-state index is 0.792. The summed E-state index contributed by atoms with van der Waals surface area (Å²) < 4.78 is 9.62. The van der Waals surface area contributed by atoms with Gasteiger partial charge in [0.15, 0.2) is 11.6 Å². The molecule has 0 saturated heterocycles. The molecule has 6 aromatic heterocycles. The van der Waals surface area contributed by atoms with E-state index in [4.69, 9.17) is 4.98 Å². The molecule has 0 fully saturated rings. The summed E-state index contributed by atoms with van der Waals surface area (Å²) in [6, 6.07) is 65.1. The molecule has 0 aliphatic carbocycles. The summed E-state index contributed by atoms with van der Waals surface area (Å²) in [6.07, 6.45) is 7.42. The van der Waals surface area contributed by atoms with E-state index in [1.165, 1.54) is 0 Å². The molecule has 7 aromatic carbocycles. The van der Waals surface area contributed by atoms with Gasteiger partial charge in [-0.3, -0.25) is 19.1 Å². The van der Waals surface area contributed by atoms with Gasteiger partial charge in [0.05, 0.1) is 44.3 Å². The minimum atomic E-state index is 0.792. The fourth-order valence-electron chi connectivity index (χ4n) is 10.5. The fraction of sp³-hybridized carbons (Fsp3) is 0.0172. The molecular weight excluding hydrogens is 795 g/mol. The van der Waals surface area contributed by atoms with E-state index in [1.807, 2.05) is 18.6 Å². The summed E-state index contributed by atoms with van der Waals surface area (Å²) in [5.41, 5.74) is 13.4. The van der Waals surface area contributed by atoms with Crippen molar-refractivity contribution in [2.45, 2.75) is 6.92 Å². The third-order valence-electron chi connectivity index (χ3n) is 13.1. The Morgan fingerprint density at radius 1 is 0.431 bits per heavy atom. The summed E-state index contributed by atoms with van der Waals surface area (Å²) in [5, 5.41) is 7.88. The van der Waals surface area contributed by atoms with Gasteiger partial charge in [0.2, 0.25) is 0 Å². The number of hydrogen-bond donors (Lipinski definition) is 0. The standard InChI is InChI=1S/C58H39N7/c1-3-59-35-45-37(2)62(47-27-13-11-25-43(45)47)55-54(38-19-5-4-6-20-38)56(63-48-28-14-12-26-44(48)46-36-60-34-33-53(46)63)58(65-51-31-17-9-23-41(51)42-24-10-18-32-52(42)65)61-57(55)64-49-29-15-7-21-39(49)40-22-8-16-30-50(40)64/h3-36H,1H2,2H3/b59-35-. The van der Waals surface area contributed by atoms with Crippen molar-refractivity contribution in [3.05, 3.63) is 218 Å². The summed E-state index contributed by atoms with van der Waals surface area (Å²) in [5.74, 6) is 1.59. The lowest BCUT2D eigenvalue weighted by molar-refractivity contribution is 0.941. The summed E-state index contributed by atoms with van der Waals surface area (Å²) >= 11 is 0. The highest BCUT2D eigenvalue weighted by Crippen LogP contribution is 2.48. The second-order valence-corrected chi connectivity index (χ2v) is 16.5. The number of para-hydroxylation sites is 6. The molecule has 65 heavy (non-hydrogen) atoms. The molecule has 7 heteroatoms. The van der Waals surface area contributed by atoms with Crippen LogP contribution in [0.2, 0.25) is 0 Å². The van der Waals surface area contributed by atoms with Crippen LogP contribution in [0.5, 0.6) is 0 Å². The van der Waals surface area contributed by atoms with Crippen LogP contribution in [0.15, 0.2) is 212 Å². The number of hydrogen-bond acceptors (Lipinski definition) is 3. The molecule has 0 aliphatic rings. The Balaban J connectivity index is 1.37. The highest BCUT2D eigenvalue weighted by molar-refractivity contribution is 6.14. The lowest BCUT2D eigenvalue weighted by Gasteiger charge is -2.27. The van der Waals surface area contributed by atoms with Crippen molar-refractivity contribution in [1.29, 1.82) is 0 Å². The Hall–Kier alpha value is -8.81. The molecule has 0 radical (unpaired) electrons. The van der Waals surface area contributed by atoms with E-state index >= 15 is 0 Å². The highest BCUT2D eigenvalue weighted by atomic mass is 15.2. The van der Waals surface area contributed by atoms with Gasteiger partial charge in [-0.1, -0.05) is 146 Å². The number of pyridine rings is 2. The molecule has 0 bridgehead atoms. The zero-order valence-corrected chi connectivity index (χ0v) is 35.5. The van der Waals surface area contributed by atoms with E-state index in [0.29, 0.717) is 0 Å². The Bertz CT molecular complexity index is 3940. The third-order valence-corrected chi connectivity index (χ3v) is 13.1. The van der Waals surface area contributed by atoms with Crippen molar-refractivity contribution >= 4 is 82.5 Å². The van der Waals surface area contributed by atoms with Gasteiger partial charge in [-0.05, 0) is 55.0 Å². The average molecular weight is 834 g/mol. The number of aliphatic imine (C=N–C) groups is 1. The van der Waals surface area contributed by atoms with Crippen molar-refractivity contribution < 1.29 is 0 Å². The lowest BCUT2D eigenvalue weighted by Crippen LogP contribution is -2.16. The Morgan fingerprint density at radius 3 is 1.34 bits per heavy atom. The molecule has 0 spiro atoms. The Labute approximate surface area is 373 Å². The first-order valence-corrected chi connectivity index (χ1v) is 21.9. The van der Waals surface area contributed by atoms with Crippen LogP contribution in [0, 0.1) is 6.92 Å². The Kier molecular flexibility index (Phi) is 8.14. The van der Waals surface area contributed by atoms with Gasteiger partial charge in [0.25, 0.3) is 0 Å². The van der Waals surface area contributed by atoms with Crippen LogP contribution in [0.25, 0.3) is 110 Å². The molecular formula is C58H39N7. The fourth-order valence-corrected chi connectivity index (χ4v) is 10.5. The van der Waals surface area contributed by atoms with Crippen molar-refractivity contribution in [2.75, 3.05) is 0 Å². The minimum Gasteiger partial charge on any atom is -0.309 e. The SMILES string of the molecule is C=C/N=C\c1c(C)n(-c2c(-n3c4ccccc4c4ccccc43)nc(-n3c4ccccc4c4ccccc43)c(-n3c4ccccc4c4cnccc43)c2-c2ccccc2)c2ccccc12. The van der Waals surface area contributed by atoms with Crippen LogP contribution < -0.4 is 0 Å². The first kappa shape index (κ1) is 36.8. The average Bonchev–Trinajstić information content (AvgIpc) is 4.07. The largest absolute Gasteiger partial charge is 0.309 e. The molecule has 13 aromatic rings. The molecule has 0 unspecified atom stereocenters. The highest BCUT2D eigenvalue weighted by Gasteiger charge is 2.32. The summed E-state index contributed by atoms with van der Waals surface area (Å²) in [7, 11) is 0. The molecule has 6 heterocycles. The van der Waals surface area contributed by atoms with Crippen LogP contribution in [0.3, 0.4) is 0 Å². The molecule has 13 rings (SSSR count). The van der Waals surface area contributed by atoms with Crippen LogP contribution in [0.1, 0.15) is 11.3 Å². The molecule has 306 valence electrons. The van der Waals surface area contributed by atoms with Crippen LogP contribution in [0.4, 0.5) is 0 Å². The molecule has 0 atom stereocenters. The number of aromatic nitrogens is 6. The predicted octanol–water partition coefficient (Wildman–Crippen LogP) is 14.2. The maximum atomic E-state index is 6.23. The van der Waals surface area contributed by atoms with Crippen molar-refractivity contribution in [3.8, 4) is 34.1 Å². The summed E-state index contributed by atoms with van der Waals surface area (Å²) in [6.45, 7) is 6.15. The topological polar surface area (TPSA) is 57.9 Å². The van der Waals surface area contributed by atoms with E-state index in [-0.39, 0.29) is 0 Å². The van der Waals surface area contributed by atoms with Crippen molar-refractivity contribution in [2.24, 2.45) is 4.99 Å². The molecule has 0 amide bonds. The van der Waals surface area contributed by atoms with Gasteiger partial charge in [-0.15, -0.1) is 0 Å². The number of rotatable bonds is 7. The van der Waals surface area contributed by atoms with Gasteiger partial charge in [0.1, 0.15) is 5.69 Å². The van der Waals surface area contributed by atoms with Crippen molar-refractivity contribution in [3.63, 3.8) is 0 Å². The molecule has 0 N–H and O–H groups in total. The van der Waals surface area contributed by atoms with Crippen molar-refractivity contribution in [1.82, 2.24) is 28.2 Å². The van der Waals surface area contributed by atoms with E-state index in [2.05, 4.69) is 224 Å². The molecule has 0 saturated carbocycles. The van der Waals surface area contributed by atoms with E-state index in [9.17, 15) is 0 Å². The lowest BCUT2D eigenvalue weighted by atomic mass is 10.0. The maximum absolute atomic E-state index is 6.23. The van der Waals surface area contributed by atoms with Gasteiger partial charge < -0.3 is 9.13 Å². The zero-order valence-electron chi connectivity index (χ0n) is 35.5.